The van der Waals surface area contributed by atoms with Crippen molar-refractivity contribution in [1.29, 1.82) is 0 Å². The maximum absolute atomic E-state index is 13.1. The normalized spacial score (nSPS) is 23.0. The molecule has 138 valence electrons. The summed E-state index contributed by atoms with van der Waals surface area (Å²) >= 11 is 10.8. The molecule has 0 aliphatic carbocycles. The Labute approximate surface area is 157 Å². The molecule has 0 spiro atoms. The molecular formula is C16H23ClFN4O2S+. The maximum Gasteiger partial charge on any atom is 0.244 e. The van der Waals surface area contributed by atoms with Crippen LogP contribution < -0.4 is 21.1 Å². The topological polar surface area (TPSA) is 66.8 Å². The van der Waals surface area contributed by atoms with E-state index in [1.54, 1.807) is 0 Å². The van der Waals surface area contributed by atoms with Crippen LogP contribution in [0.15, 0.2) is 18.2 Å². The number of carbonyl (C=O) groups is 1. The van der Waals surface area contributed by atoms with Crippen LogP contribution in [0.5, 0.6) is 0 Å². The van der Waals surface area contributed by atoms with Gasteiger partial charge in [0.1, 0.15) is 31.1 Å². The van der Waals surface area contributed by atoms with Gasteiger partial charge in [-0.25, -0.2) is 4.39 Å². The fourth-order valence-corrected chi connectivity index (χ4v) is 3.16. The van der Waals surface area contributed by atoms with Gasteiger partial charge in [0.25, 0.3) is 0 Å². The van der Waals surface area contributed by atoms with Crippen molar-refractivity contribution in [1.82, 2.24) is 10.9 Å². The van der Waals surface area contributed by atoms with E-state index in [9.17, 15) is 9.18 Å². The average Bonchev–Trinajstić information content (AvgIpc) is 2.53. The predicted molar refractivity (Wildman–Crippen MR) is 99.1 cm³/mol. The third-order valence-corrected chi connectivity index (χ3v) is 4.31. The van der Waals surface area contributed by atoms with Gasteiger partial charge >= 0.3 is 0 Å². The van der Waals surface area contributed by atoms with Crippen molar-refractivity contribution in [2.45, 2.75) is 32.5 Å². The Kier molecular flexibility index (Phi) is 7.37. The molecule has 0 aromatic heterocycles. The molecule has 1 fully saturated rings. The van der Waals surface area contributed by atoms with Crippen LogP contribution in [0.25, 0.3) is 0 Å². The van der Waals surface area contributed by atoms with Crippen molar-refractivity contribution < 1.29 is 18.8 Å². The van der Waals surface area contributed by atoms with Crippen LogP contribution >= 0.6 is 23.8 Å². The largest absolute Gasteiger partial charge is 0.364 e. The summed E-state index contributed by atoms with van der Waals surface area (Å²) in [4.78, 5) is 13.3. The molecule has 25 heavy (non-hydrogen) atoms. The molecule has 1 aliphatic rings. The van der Waals surface area contributed by atoms with E-state index in [0.717, 1.165) is 19.6 Å². The second kappa shape index (κ2) is 9.28. The Morgan fingerprint density at radius 2 is 2.04 bits per heavy atom. The number of hydrazine groups is 1. The molecule has 0 bridgehead atoms. The van der Waals surface area contributed by atoms with Crippen LogP contribution in [0.4, 0.5) is 10.1 Å². The first-order valence-electron chi connectivity index (χ1n) is 8.13. The number of benzene rings is 1. The van der Waals surface area contributed by atoms with Gasteiger partial charge in [-0.2, -0.15) is 0 Å². The van der Waals surface area contributed by atoms with E-state index in [-0.39, 0.29) is 28.3 Å². The molecule has 1 aliphatic heterocycles. The standard InChI is InChI=1S/C16H22ClFN4O2S/c1-10-8-22(9-11(2)24-10)6-5-15(23)20-21-16(25)19-12-3-4-14(18)13(17)7-12/h3-4,7,10-11H,5-6,8-9H2,1-2H3,(H,20,23)(H2,19,21,25)/p+1/t10-,11-/m1/s1. The van der Waals surface area contributed by atoms with Gasteiger partial charge < -0.3 is 15.0 Å². The fraction of sp³-hybridized carbons (Fsp3) is 0.500. The van der Waals surface area contributed by atoms with E-state index >= 15 is 0 Å². The predicted octanol–water partition coefficient (Wildman–Crippen LogP) is 0.879. The number of amides is 1. The highest BCUT2D eigenvalue weighted by Gasteiger charge is 2.25. The summed E-state index contributed by atoms with van der Waals surface area (Å²) in [6, 6.07) is 4.15. The molecule has 6 nitrogen and oxygen atoms in total. The molecule has 4 N–H and O–H groups in total. The summed E-state index contributed by atoms with van der Waals surface area (Å²) in [6.45, 7) is 6.62. The Hall–Kier alpha value is -1.48. The number of nitrogens with one attached hydrogen (secondary N) is 4. The number of halogens is 2. The zero-order chi connectivity index (χ0) is 18.4. The molecule has 1 aromatic carbocycles. The first-order valence-corrected chi connectivity index (χ1v) is 8.92. The quantitative estimate of drug-likeness (QED) is 0.455. The maximum atomic E-state index is 13.1. The minimum Gasteiger partial charge on any atom is -0.364 e. The van der Waals surface area contributed by atoms with Crippen molar-refractivity contribution in [3.63, 3.8) is 0 Å². The van der Waals surface area contributed by atoms with Gasteiger partial charge in [0.15, 0.2) is 5.11 Å². The molecule has 1 heterocycles. The molecule has 1 aromatic rings. The highest BCUT2D eigenvalue weighted by molar-refractivity contribution is 7.80. The monoisotopic (exact) mass is 389 g/mol. The molecule has 1 amide bonds. The fourth-order valence-electron chi connectivity index (χ4n) is 2.81. The number of carbonyl (C=O) groups excluding carboxylic acids is 1. The molecule has 0 radical (unpaired) electrons. The van der Waals surface area contributed by atoms with E-state index in [1.807, 2.05) is 13.8 Å². The minimum absolute atomic E-state index is 0.00576. The van der Waals surface area contributed by atoms with E-state index in [1.165, 1.54) is 23.1 Å². The lowest BCUT2D eigenvalue weighted by atomic mass is 10.2. The molecular weight excluding hydrogens is 367 g/mol. The third kappa shape index (κ3) is 6.74. The summed E-state index contributed by atoms with van der Waals surface area (Å²) < 4.78 is 18.8. The zero-order valence-electron chi connectivity index (χ0n) is 14.2. The second-order valence-corrected chi connectivity index (χ2v) is 6.99. The van der Waals surface area contributed by atoms with Gasteiger partial charge in [0, 0.05) is 5.69 Å². The number of anilines is 1. The van der Waals surface area contributed by atoms with Crippen LogP contribution in [-0.2, 0) is 9.53 Å². The number of thiocarbonyl (C=S) groups is 1. The number of ether oxygens (including phenoxy) is 1. The Morgan fingerprint density at radius 1 is 1.36 bits per heavy atom. The molecule has 2 rings (SSSR count). The Bertz CT molecular complexity index is 624. The average molecular weight is 390 g/mol. The Morgan fingerprint density at radius 3 is 2.68 bits per heavy atom. The van der Waals surface area contributed by atoms with Crippen molar-refractivity contribution in [2.75, 3.05) is 25.0 Å². The first-order chi connectivity index (χ1) is 11.8. The molecule has 0 saturated carbocycles. The van der Waals surface area contributed by atoms with Gasteiger partial charge in [0.2, 0.25) is 5.91 Å². The van der Waals surface area contributed by atoms with Crippen LogP contribution in [-0.4, -0.2) is 42.9 Å². The summed E-state index contributed by atoms with van der Waals surface area (Å²) in [5, 5.41) is 3.00. The number of hydrogen-bond acceptors (Lipinski definition) is 3. The van der Waals surface area contributed by atoms with Gasteiger partial charge in [-0.1, -0.05) is 11.6 Å². The van der Waals surface area contributed by atoms with Crippen LogP contribution in [0, 0.1) is 5.82 Å². The Balaban J connectivity index is 1.68. The third-order valence-electron chi connectivity index (χ3n) is 3.82. The lowest BCUT2D eigenvalue weighted by Crippen LogP contribution is -3.15. The van der Waals surface area contributed by atoms with Gasteiger partial charge in [-0.3, -0.25) is 15.6 Å². The van der Waals surface area contributed by atoms with Crippen molar-refractivity contribution in [3.05, 3.63) is 29.0 Å². The lowest BCUT2D eigenvalue weighted by molar-refractivity contribution is -0.914. The van der Waals surface area contributed by atoms with E-state index in [2.05, 4.69) is 16.2 Å². The van der Waals surface area contributed by atoms with Crippen LogP contribution in [0.2, 0.25) is 5.02 Å². The van der Waals surface area contributed by atoms with Gasteiger partial charge in [-0.05, 0) is 44.3 Å². The highest BCUT2D eigenvalue weighted by Crippen LogP contribution is 2.19. The van der Waals surface area contributed by atoms with Crippen LogP contribution in [0.1, 0.15) is 20.3 Å². The van der Waals surface area contributed by atoms with Gasteiger partial charge in [-0.15, -0.1) is 0 Å². The summed E-state index contributed by atoms with van der Waals surface area (Å²) in [5.74, 6) is -0.658. The smallest absolute Gasteiger partial charge is 0.244 e. The van der Waals surface area contributed by atoms with Crippen molar-refractivity contribution in [2.24, 2.45) is 0 Å². The summed E-state index contributed by atoms with van der Waals surface area (Å²) in [7, 11) is 0. The molecule has 0 unspecified atom stereocenters. The SMILES string of the molecule is C[C@@H]1C[NH+](CCC(=O)NNC(=S)Nc2ccc(F)c(Cl)c2)C[C@@H](C)O1. The minimum atomic E-state index is -0.506. The number of hydrogen-bond donors (Lipinski definition) is 4. The molecule has 9 heteroatoms. The number of morpholine rings is 1. The lowest BCUT2D eigenvalue weighted by Gasteiger charge is -2.32. The van der Waals surface area contributed by atoms with Crippen molar-refractivity contribution >= 4 is 40.5 Å². The summed E-state index contributed by atoms with van der Waals surface area (Å²) in [5.41, 5.74) is 5.69. The molecule has 1 saturated heterocycles. The summed E-state index contributed by atoms with van der Waals surface area (Å²) in [6.07, 6.45) is 0.797. The molecule has 2 atom stereocenters. The van der Waals surface area contributed by atoms with E-state index in [4.69, 9.17) is 28.6 Å². The highest BCUT2D eigenvalue weighted by atomic mass is 35.5. The zero-order valence-corrected chi connectivity index (χ0v) is 15.8. The van der Waals surface area contributed by atoms with Crippen LogP contribution in [0.3, 0.4) is 0 Å². The number of quaternary nitrogens is 1. The second-order valence-electron chi connectivity index (χ2n) is 6.17. The van der Waals surface area contributed by atoms with E-state index < -0.39 is 5.82 Å². The number of rotatable bonds is 4. The van der Waals surface area contributed by atoms with Crippen molar-refractivity contribution in [3.8, 4) is 0 Å². The first kappa shape index (κ1) is 19.8. The van der Waals surface area contributed by atoms with E-state index in [0.29, 0.717) is 12.1 Å². The van der Waals surface area contributed by atoms with Gasteiger partial charge in [0.05, 0.1) is 18.0 Å².